The van der Waals surface area contributed by atoms with Gasteiger partial charge in [0, 0.05) is 11.8 Å². The summed E-state index contributed by atoms with van der Waals surface area (Å²) in [6, 6.07) is 0.813. The minimum atomic E-state index is 0.306. The topological polar surface area (TPSA) is 29.3 Å². The third-order valence-electron chi connectivity index (χ3n) is 3.22. The lowest BCUT2D eigenvalue weighted by molar-refractivity contribution is 0.214. The van der Waals surface area contributed by atoms with Gasteiger partial charge in [0.05, 0.1) is 0 Å². The van der Waals surface area contributed by atoms with Gasteiger partial charge in [-0.1, -0.05) is 13.8 Å². The van der Waals surface area contributed by atoms with Gasteiger partial charge in [0.1, 0.15) is 0 Å². The van der Waals surface area contributed by atoms with Crippen molar-refractivity contribution in [3.63, 3.8) is 0 Å². The minimum absolute atomic E-state index is 0.306. The number of nitrogens with zero attached hydrogens (tertiary/aromatic N) is 1. The number of thioether (sulfide) groups is 1. The van der Waals surface area contributed by atoms with E-state index in [-0.39, 0.29) is 0 Å². The highest BCUT2D eigenvalue weighted by Gasteiger charge is 2.22. The van der Waals surface area contributed by atoms with Crippen LogP contribution in [0.15, 0.2) is 0 Å². The van der Waals surface area contributed by atoms with E-state index in [0.717, 1.165) is 12.6 Å². The zero-order valence-corrected chi connectivity index (χ0v) is 10.6. The molecule has 0 amide bonds. The number of hydrogen-bond donors (Lipinski definition) is 1. The number of nitrogens with two attached hydrogens (primary N) is 1. The van der Waals surface area contributed by atoms with Crippen LogP contribution >= 0.6 is 11.8 Å². The molecule has 1 fully saturated rings. The maximum Gasteiger partial charge on any atom is 0.0191 e. The van der Waals surface area contributed by atoms with Crippen molar-refractivity contribution in [3.05, 3.63) is 0 Å². The van der Waals surface area contributed by atoms with Crippen LogP contribution < -0.4 is 5.73 Å². The van der Waals surface area contributed by atoms with Crippen LogP contribution in [0.4, 0.5) is 0 Å². The van der Waals surface area contributed by atoms with Gasteiger partial charge in [-0.15, -0.1) is 0 Å². The van der Waals surface area contributed by atoms with Crippen LogP contribution in [0.5, 0.6) is 0 Å². The molecule has 2 N–H and O–H groups in total. The largest absolute Gasteiger partial charge is 0.330 e. The summed E-state index contributed by atoms with van der Waals surface area (Å²) in [5, 5.41) is 0. The molecular formula is C11H24N2S. The van der Waals surface area contributed by atoms with E-state index in [2.05, 4.69) is 37.6 Å². The predicted molar refractivity (Wildman–Crippen MR) is 65.8 cm³/mol. The van der Waals surface area contributed by atoms with Gasteiger partial charge in [-0.2, -0.15) is 11.8 Å². The highest BCUT2D eigenvalue weighted by molar-refractivity contribution is 7.99. The molecule has 1 aliphatic rings. The fourth-order valence-corrected chi connectivity index (χ4v) is 2.93. The molecule has 1 heterocycles. The van der Waals surface area contributed by atoms with Crippen LogP contribution in [0.2, 0.25) is 0 Å². The third-order valence-corrected chi connectivity index (χ3v) is 4.37. The van der Waals surface area contributed by atoms with Crippen molar-refractivity contribution in [1.82, 2.24) is 4.90 Å². The fourth-order valence-electron chi connectivity index (χ4n) is 1.63. The van der Waals surface area contributed by atoms with Gasteiger partial charge in [0.15, 0.2) is 0 Å². The maximum absolute atomic E-state index is 5.72. The summed E-state index contributed by atoms with van der Waals surface area (Å²) in [5.41, 5.74) is 6.03. The van der Waals surface area contributed by atoms with Crippen LogP contribution in [0.25, 0.3) is 0 Å². The summed E-state index contributed by atoms with van der Waals surface area (Å²) in [6.45, 7) is 6.49. The average Bonchev–Trinajstić information content (AvgIpc) is 2.67. The van der Waals surface area contributed by atoms with Crippen molar-refractivity contribution in [2.75, 3.05) is 31.6 Å². The molecule has 0 radical (unpaired) electrons. The van der Waals surface area contributed by atoms with E-state index >= 15 is 0 Å². The standard InChI is InChI=1S/C11H24N2S/c1-11(2,9-12)5-6-13(3)10-4-7-14-8-10/h10H,4-9,12H2,1-3H3. The summed E-state index contributed by atoms with van der Waals surface area (Å²) in [4.78, 5) is 2.51. The Balaban J connectivity index is 2.23. The van der Waals surface area contributed by atoms with Gasteiger partial charge < -0.3 is 10.6 Å². The lowest BCUT2D eigenvalue weighted by Crippen LogP contribution is -2.36. The molecule has 1 saturated heterocycles. The third kappa shape index (κ3) is 3.79. The Morgan fingerprint density at radius 2 is 2.21 bits per heavy atom. The molecule has 0 bridgehead atoms. The second-order valence-corrected chi connectivity index (χ2v) is 6.27. The Morgan fingerprint density at radius 1 is 1.50 bits per heavy atom. The molecule has 1 aliphatic heterocycles. The highest BCUT2D eigenvalue weighted by atomic mass is 32.2. The average molecular weight is 216 g/mol. The van der Waals surface area contributed by atoms with Crippen molar-refractivity contribution in [2.24, 2.45) is 11.1 Å². The first kappa shape index (κ1) is 12.3. The zero-order valence-electron chi connectivity index (χ0n) is 9.75. The SMILES string of the molecule is CN(CCC(C)(C)CN)C1CCSC1. The van der Waals surface area contributed by atoms with Crippen molar-refractivity contribution >= 4 is 11.8 Å². The van der Waals surface area contributed by atoms with Gasteiger partial charge in [0.2, 0.25) is 0 Å². The van der Waals surface area contributed by atoms with Gasteiger partial charge in [-0.3, -0.25) is 0 Å². The van der Waals surface area contributed by atoms with E-state index in [1.54, 1.807) is 0 Å². The molecule has 0 aromatic heterocycles. The number of rotatable bonds is 5. The Bertz CT molecular complexity index is 165. The molecule has 0 aromatic carbocycles. The Kier molecular flexibility index (Phi) is 4.74. The van der Waals surface area contributed by atoms with Gasteiger partial charge in [-0.25, -0.2) is 0 Å². The second kappa shape index (κ2) is 5.38. The molecule has 0 aromatic rings. The predicted octanol–water partition coefficient (Wildman–Crippen LogP) is 1.80. The molecule has 14 heavy (non-hydrogen) atoms. The second-order valence-electron chi connectivity index (χ2n) is 5.12. The molecule has 0 spiro atoms. The molecule has 1 atom stereocenters. The molecule has 1 unspecified atom stereocenters. The Morgan fingerprint density at radius 3 is 2.71 bits per heavy atom. The molecular weight excluding hydrogens is 192 g/mol. The zero-order chi connectivity index (χ0) is 10.6. The molecule has 3 heteroatoms. The van der Waals surface area contributed by atoms with E-state index < -0.39 is 0 Å². The van der Waals surface area contributed by atoms with E-state index in [0.29, 0.717) is 5.41 Å². The minimum Gasteiger partial charge on any atom is -0.330 e. The summed E-state index contributed by atoms with van der Waals surface area (Å²) in [5.74, 6) is 2.66. The van der Waals surface area contributed by atoms with Crippen LogP contribution in [-0.4, -0.2) is 42.6 Å². The lowest BCUT2D eigenvalue weighted by atomic mass is 9.89. The molecule has 0 aliphatic carbocycles. The highest BCUT2D eigenvalue weighted by Crippen LogP contribution is 2.24. The van der Waals surface area contributed by atoms with Gasteiger partial charge in [-0.05, 0) is 44.1 Å². The van der Waals surface area contributed by atoms with Crippen LogP contribution in [0, 0.1) is 5.41 Å². The molecule has 2 nitrogen and oxygen atoms in total. The van der Waals surface area contributed by atoms with Crippen molar-refractivity contribution in [2.45, 2.75) is 32.7 Å². The van der Waals surface area contributed by atoms with E-state index in [4.69, 9.17) is 5.73 Å². The normalized spacial score (nSPS) is 23.4. The van der Waals surface area contributed by atoms with Gasteiger partial charge in [0.25, 0.3) is 0 Å². The molecule has 0 saturated carbocycles. The monoisotopic (exact) mass is 216 g/mol. The maximum atomic E-state index is 5.72. The first-order valence-corrected chi connectivity index (χ1v) is 6.69. The Hall–Kier alpha value is 0.270. The van der Waals surface area contributed by atoms with E-state index in [1.165, 1.54) is 30.9 Å². The lowest BCUT2D eigenvalue weighted by Gasteiger charge is -2.29. The molecule has 84 valence electrons. The quantitative estimate of drug-likeness (QED) is 0.760. The van der Waals surface area contributed by atoms with Crippen molar-refractivity contribution < 1.29 is 0 Å². The van der Waals surface area contributed by atoms with Crippen molar-refractivity contribution in [1.29, 1.82) is 0 Å². The number of hydrogen-bond acceptors (Lipinski definition) is 3. The van der Waals surface area contributed by atoms with Crippen molar-refractivity contribution in [3.8, 4) is 0 Å². The van der Waals surface area contributed by atoms with E-state index in [9.17, 15) is 0 Å². The Labute approximate surface area is 92.6 Å². The smallest absolute Gasteiger partial charge is 0.0191 e. The van der Waals surface area contributed by atoms with Crippen LogP contribution in [-0.2, 0) is 0 Å². The fraction of sp³-hybridized carbons (Fsp3) is 1.00. The van der Waals surface area contributed by atoms with E-state index in [1.807, 2.05) is 0 Å². The summed E-state index contributed by atoms with van der Waals surface area (Å²) in [7, 11) is 2.25. The van der Waals surface area contributed by atoms with Crippen LogP contribution in [0.3, 0.4) is 0 Å². The summed E-state index contributed by atoms with van der Waals surface area (Å²) < 4.78 is 0. The first-order valence-electron chi connectivity index (χ1n) is 5.53. The van der Waals surface area contributed by atoms with Gasteiger partial charge >= 0.3 is 0 Å². The summed E-state index contributed by atoms with van der Waals surface area (Å²) >= 11 is 2.08. The first-order chi connectivity index (χ1) is 6.55. The molecule has 1 rings (SSSR count). The van der Waals surface area contributed by atoms with Crippen LogP contribution in [0.1, 0.15) is 26.7 Å². The summed E-state index contributed by atoms with van der Waals surface area (Å²) in [6.07, 6.45) is 2.57.